The van der Waals surface area contributed by atoms with E-state index in [0.29, 0.717) is 11.1 Å². The first-order chi connectivity index (χ1) is 13.1. The third-order valence-corrected chi connectivity index (χ3v) is 8.75. The van der Waals surface area contributed by atoms with Crippen molar-refractivity contribution in [2.45, 2.75) is 57.0 Å². The highest BCUT2D eigenvalue weighted by molar-refractivity contribution is 9.10. The van der Waals surface area contributed by atoms with Crippen molar-refractivity contribution in [3.05, 3.63) is 43.0 Å². The zero-order valence-corrected chi connectivity index (χ0v) is 19.0. The molecular weight excluding hydrogens is 462 g/mol. The summed E-state index contributed by atoms with van der Waals surface area (Å²) in [4.78, 5) is 7.24. The summed E-state index contributed by atoms with van der Waals surface area (Å²) in [7, 11) is 0. The van der Waals surface area contributed by atoms with Gasteiger partial charge in [-0.25, -0.2) is 4.98 Å². The topological polar surface area (TPSA) is 50.9 Å². The van der Waals surface area contributed by atoms with Crippen LogP contribution in [-0.2, 0) is 6.54 Å². The maximum atomic E-state index is 6.59. The van der Waals surface area contributed by atoms with Gasteiger partial charge in [-0.1, -0.05) is 43.4 Å². The van der Waals surface area contributed by atoms with Crippen LogP contribution in [0.1, 0.15) is 54.2 Å². The SMILES string of the molecule is NC1CCCCCCC1c1sc2c(NCc3cccs3)cc(Cl)nc2c1Br. The number of thiophene rings is 2. The van der Waals surface area contributed by atoms with Crippen LogP contribution in [0.4, 0.5) is 5.69 Å². The Morgan fingerprint density at radius 1 is 1.26 bits per heavy atom. The minimum atomic E-state index is 0.215. The number of aromatic nitrogens is 1. The molecule has 2 atom stereocenters. The fourth-order valence-corrected chi connectivity index (χ4v) is 6.96. The second kappa shape index (κ2) is 8.78. The molecule has 144 valence electrons. The van der Waals surface area contributed by atoms with Crippen LogP contribution in [0, 0.1) is 0 Å². The van der Waals surface area contributed by atoms with Gasteiger partial charge in [-0.2, -0.15) is 0 Å². The Labute approximate surface area is 181 Å². The standard InChI is InChI=1S/C20H23BrClN3S2/c21-17-18-20(27-19(17)13-7-3-1-2-4-8-14(13)23)15(10-16(22)25-18)24-11-12-6-5-9-26-12/h5-6,9-10,13-14H,1-4,7-8,11,23H2,(H,24,25). The van der Waals surface area contributed by atoms with Crippen molar-refractivity contribution >= 4 is 66.1 Å². The van der Waals surface area contributed by atoms with Crippen LogP contribution in [0.15, 0.2) is 28.1 Å². The molecule has 0 bridgehead atoms. The number of fused-ring (bicyclic) bond motifs is 1. The number of hydrogen-bond acceptors (Lipinski definition) is 5. The van der Waals surface area contributed by atoms with E-state index in [1.165, 1.54) is 35.4 Å². The van der Waals surface area contributed by atoms with Crippen LogP contribution in [0.25, 0.3) is 10.2 Å². The van der Waals surface area contributed by atoms with Crippen LogP contribution in [-0.4, -0.2) is 11.0 Å². The van der Waals surface area contributed by atoms with Gasteiger partial charge in [0.15, 0.2) is 0 Å². The fourth-order valence-electron chi connectivity index (χ4n) is 3.83. The van der Waals surface area contributed by atoms with Gasteiger partial charge in [-0.05, 0) is 40.2 Å². The largest absolute Gasteiger partial charge is 0.379 e. The second-order valence-corrected chi connectivity index (χ2v) is 10.4. The zero-order valence-electron chi connectivity index (χ0n) is 15.0. The minimum absolute atomic E-state index is 0.215. The predicted molar refractivity (Wildman–Crippen MR) is 122 cm³/mol. The molecule has 0 saturated heterocycles. The Kier molecular flexibility index (Phi) is 6.39. The molecule has 3 heterocycles. The van der Waals surface area contributed by atoms with Gasteiger partial charge in [-0.15, -0.1) is 22.7 Å². The van der Waals surface area contributed by atoms with E-state index < -0.39 is 0 Å². The fraction of sp³-hybridized carbons (Fsp3) is 0.450. The summed E-state index contributed by atoms with van der Waals surface area (Å²) in [5.41, 5.74) is 8.59. The van der Waals surface area contributed by atoms with Gasteiger partial charge in [0.2, 0.25) is 0 Å². The lowest BCUT2D eigenvalue weighted by atomic mass is 9.86. The van der Waals surface area contributed by atoms with Crippen molar-refractivity contribution < 1.29 is 0 Å². The number of halogens is 2. The number of rotatable bonds is 4. The molecule has 1 saturated carbocycles. The number of nitrogens with two attached hydrogens (primary N) is 1. The molecule has 0 aromatic carbocycles. The number of pyridine rings is 1. The lowest BCUT2D eigenvalue weighted by molar-refractivity contribution is 0.407. The summed E-state index contributed by atoms with van der Waals surface area (Å²) < 4.78 is 2.23. The lowest BCUT2D eigenvalue weighted by Gasteiger charge is -2.25. The Morgan fingerprint density at radius 3 is 2.85 bits per heavy atom. The van der Waals surface area contributed by atoms with E-state index in [1.54, 1.807) is 11.3 Å². The summed E-state index contributed by atoms with van der Waals surface area (Å²) in [6, 6.07) is 6.36. The van der Waals surface area contributed by atoms with Crippen LogP contribution in [0.2, 0.25) is 5.15 Å². The summed E-state index contributed by atoms with van der Waals surface area (Å²) >= 11 is 13.7. The van der Waals surface area contributed by atoms with Gasteiger partial charge in [0.05, 0.1) is 20.4 Å². The molecule has 27 heavy (non-hydrogen) atoms. The summed E-state index contributed by atoms with van der Waals surface area (Å²) in [5, 5.41) is 6.17. The Bertz CT molecular complexity index is 910. The molecule has 3 nitrogen and oxygen atoms in total. The molecule has 0 amide bonds. The quantitative estimate of drug-likeness (QED) is 0.386. The van der Waals surface area contributed by atoms with Crippen molar-refractivity contribution in [3.63, 3.8) is 0 Å². The maximum absolute atomic E-state index is 6.59. The lowest BCUT2D eigenvalue weighted by Crippen LogP contribution is -2.29. The van der Waals surface area contributed by atoms with Gasteiger partial charge >= 0.3 is 0 Å². The van der Waals surface area contributed by atoms with E-state index in [4.69, 9.17) is 17.3 Å². The van der Waals surface area contributed by atoms with E-state index in [-0.39, 0.29) is 6.04 Å². The molecule has 7 heteroatoms. The van der Waals surface area contributed by atoms with Gasteiger partial charge in [0, 0.05) is 34.3 Å². The zero-order chi connectivity index (χ0) is 18.8. The second-order valence-electron chi connectivity index (χ2n) is 7.15. The molecule has 2 unspecified atom stereocenters. The van der Waals surface area contributed by atoms with Crippen molar-refractivity contribution in [1.29, 1.82) is 0 Å². The number of nitrogens with one attached hydrogen (secondary N) is 1. The average molecular weight is 485 g/mol. The minimum Gasteiger partial charge on any atom is -0.379 e. The molecule has 1 aliphatic rings. The van der Waals surface area contributed by atoms with Gasteiger partial charge in [-0.3, -0.25) is 0 Å². The van der Waals surface area contributed by atoms with Crippen LogP contribution >= 0.6 is 50.2 Å². The van der Waals surface area contributed by atoms with E-state index >= 15 is 0 Å². The van der Waals surface area contributed by atoms with Crippen LogP contribution < -0.4 is 11.1 Å². The molecule has 0 aliphatic heterocycles. The molecule has 4 rings (SSSR count). The highest BCUT2D eigenvalue weighted by Gasteiger charge is 2.27. The number of hydrogen-bond donors (Lipinski definition) is 2. The van der Waals surface area contributed by atoms with Gasteiger partial charge in [0.25, 0.3) is 0 Å². The van der Waals surface area contributed by atoms with Gasteiger partial charge < -0.3 is 11.1 Å². The summed E-state index contributed by atoms with van der Waals surface area (Å²) in [5.74, 6) is 0.391. The maximum Gasteiger partial charge on any atom is 0.131 e. The molecule has 1 aliphatic carbocycles. The first kappa shape index (κ1) is 19.6. The monoisotopic (exact) mass is 483 g/mol. The first-order valence-electron chi connectivity index (χ1n) is 9.43. The van der Waals surface area contributed by atoms with E-state index in [0.717, 1.165) is 39.8 Å². The van der Waals surface area contributed by atoms with E-state index in [9.17, 15) is 0 Å². The van der Waals surface area contributed by atoms with Crippen LogP contribution in [0.3, 0.4) is 0 Å². The van der Waals surface area contributed by atoms with Crippen molar-refractivity contribution in [3.8, 4) is 0 Å². The molecular formula is C20H23BrClN3S2. The van der Waals surface area contributed by atoms with Crippen LogP contribution in [0.5, 0.6) is 0 Å². The molecule has 3 N–H and O–H groups in total. The Morgan fingerprint density at radius 2 is 2.07 bits per heavy atom. The average Bonchev–Trinajstić information content (AvgIpc) is 3.26. The van der Waals surface area contributed by atoms with E-state index in [2.05, 4.69) is 43.7 Å². The van der Waals surface area contributed by atoms with E-state index in [1.807, 2.05) is 17.4 Å². The highest BCUT2D eigenvalue weighted by Crippen LogP contribution is 2.46. The summed E-state index contributed by atoms with van der Waals surface area (Å²) in [6.07, 6.45) is 7.35. The molecule has 1 fully saturated rings. The third kappa shape index (κ3) is 4.35. The Hall–Kier alpha value is -0.660. The molecule has 3 aromatic heterocycles. The number of nitrogens with zero attached hydrogens (tertiary/aromatic N) is 1. The molecule has 0 radical (unpaired) electrons. The van der Waals surface area contributed by atoms with Crippen molar-refractivity contribution in [2.24, 2.45) is 5.73 Å². The highest BCUT2D eigenvalue weighted by atomic mass is 79.9. The predicted octanol–water partition coefficient (Wildman–Crippen LogP) is 7.15. The molecule has 3 aromatic rings. The summed E-state index contributed by atoms with van der Waals surface area (Å²) in [6.45, 7) is 0.793. The molecule has 0 spiro atoms. The normalized spacial score (nSPS) is 21.1. The van der Waals surface area contributed by atoms with Crippen molar-refractivity contribution in [1.82, 2.24) is 4.98 Å². The smallest absolute Gasteiger partial charge is 0.131 e. The van der Waals surface area contributed by atoms with Gasteiger partial charge in [0.1, 0.15) is 5.15 Å². The first-order valence-corrected chi connectivity index (χ1v) is 12.3. The number of anilines is 1. The third-order valence-electron chi connectivity index (χ3n) is 5.27. The Balaban J connectivity index is 1.70. The van der Waals surface area contributed by atoms with Crippen molar-refractivity contribution in [2.75, 3.05) is 5.32 Å².